The van der Waals surface area contributed by atoms with Crippen LogP contribution < -0.4 is 0 Å². The highest BCUT2D eigenvalue weighted by atomic mass is 16.5. The van der Waals surface area contributed by atoms with Crippen molar-refractivity contribution in [3.05, 3.63) is 144 Å². The van der Waals surface area contributed by atoms with Crippen LogP contribution >= 0.6 is 0 Å². The van der Waals surface area contributed by atoms with Gasteiger partial charge in [0.05, 0.1) is 0 Å². The molecule has 0 amide bonds. The van der Waals surface area contributed by atoms with E-state index in [4.69, 9.17) is 4.74 Å². The van der Waals surface area contributed by atoms with Crippen LogP contribution in [0.5, 0.6) is 0 Å². The summed E-state index contributed by atoms with van der Waals surface area (Å²) in [4.78, 5) is 0. The van der Waals surface area contributed by atoms with E-state index in [9.17, 15) is 5.11 Å². The van der Waals surface area contributed by atoms with E-state index in [2.05, 4.69) is 45.0 Å². The van der Waals surface area contributed by atoms with Crippen molar-refractivity contribution in [2.75, 3.05) is 6.61 Å². The van der Waals surface area contributed by atoms with Crippen molar-refractivity contribution in [2.24, 2.45) is 5.41 Å². The Labute approximate surface area is 248 Å². The normalized spacial score (nSPS) is 12.4. The van der Waals surface area contributed by atoms with Gasteiger partial charge >= 0.3 is 0 Å². The minimum atomic E-state index is -1.48. The quantitative estimate of drug-likeness (QED) is 0.150. The highest BCUT2D eigenvalue weighted by Crippen LogP contribution is 2.52. The van der Waals surface area contributed by atoms with Gasteiger partial charge in [0.15, 0.2) is 11.2 Å². The fourth-order valence-electron chi connectivity index (χ4n) is 6.00. The van der Waals surface area contributed by atoms with E-state index < -0.39 is 11.2 Å². The highest BCUT2D eigenvalue weighted by molar-refractivity contribution is 5.50. The summed E-state index contributed by atoms with van der Waals surface area (Å²) in [6, 6.07) is 40.5. The molecule has 0 bridgehead atoms. The zero-order chi connectivity index (χ0) is 29.0. The van der Waals surface area contributed by atoms with Gasteiger partial charge in [-0.1, -0.05) is 181 Å². The first-order valence-corrected chi connectivity index (χ1v) is 15.5. The lowest BCUT2D eigenvalue weighted by molar-refractivity contribution is -0.153. The van der Waals surface area contributed by atoms with E-state index in [-0.39, 0.29) is 0 Å². The number of hydrogen-bond donors (Lipinski definition) is 1. The van der Waals surface area contributed by atoms with Gasteiger partial charge in [-0.2, -0.15) is 0 Å². The Hall–Kier alpha value is -3.20. The summed E-state index contributed by atoms with van der Waals surface area (Å²) in [6.45, 7) is 7.54. The first kappa shape index (κ1) is 30.8. The van der Waals surface area contributed by atoms with Crippen molar-refractivity contribution < 1.29 is 9.84 Å². The predicted octanol–water partition coefficient (Wildman–Crippen LogP) is 10.0. The minimum Gasteiger partial charge on any atom is -0.377 e. The SMILES string of the molecule is CC(C)(C)CCCCCCCCCOC(c1ccccc1)(c1ccccc1)C(O)(c1ccccc1)c1ccccc1. The van der Waals surface area contributed by atoms with Crippen LogP contribution in [-0.4, -0.2) is 11.7 Å². The molecule has 1 N–H and O–H groups in total. The van der Waals surface area contributed by atoms with Crippen LogP contribution in [-0.2, 0) is 15.9 Å². The molecule has 0 spiro atoms. The zero-order valence-electron chi connectivity index (χ0n) is 25.3. The molecule has 0 atom stereocenters. The largest absolute Gasteiger partial charge is 0.377 e. The Morgan fingerprint density at radius 2 is 0.805 bits per heavy atom. The molecule has 4 rings (SSSR count). The molecule has 2 nitrogen and oxygen atoms in total. The van der Waals surface area contributed by atoms with E-state index in [0.717, 1.165) is 35.1 Å². The Morgan fingerprint density at radius 3 is 1.20 bits per heavy atom. The molecule has 0 saturated carbocycles. The summed E-state index contributed by atoms with van der Waals surface area (Å²) < 4.78 is 7.11. The zero-order valence-corrected chi connectivity index (χ0v) is 25.3. The lowest BCUT2D eigenvalue weighted by Crippen LogP contribution is -2.53. The highest BCUT2D eigenvalue weighted by Gasteiger charge is 2.56. The second-order valence-corrected chi connectivity index (χ2v) is 12.5. The molecule has 0 aliphatic rings. The van der Waals surface area contributed by atoms with E-state index in [1.165, 1.54) is 38.5 Å². The average Bonchev–Trinajstić information content (AvgIpc) is 3.01. The summed E-state index contributed by atoms with van der Waals surface area (Å²) in [5, 5.41) is 13.2. The average molecular weight is 549 g/mol. The summed E-state index contributed by atoms with van der Waals surface area (Å²) in [5.41, 5.74) is 1.25. The predicted molar refractivity (Wildman–Crippen MR) is 172 cm³/mol. The van der Waals surface area contributed by atoms with Crippen molar-refractivity contribution >= 4 is 0 Å². The molecule has 0 aromatic heterocycles. The first-order valence-electron chi connectivity index (χ1n) is 15.5. The molecular weight excluding hydrogens is 500 g/mol. The molecular formula is C39H48O2. The van der Waals surface area contributed by atoms with Crippen LogP contribution in [0.15, 0.2) is 121 Å². The molecule has 0 aliphatic heterocycles. The number of unbranched alkanes of at least 4 members (excludes halogenated alkanes) is 6. The van der Waals surface area contributed by atoms with Gasteiger partial charge in [0.2, 0.25) is 0 Å². The maximum absolute atomic E-state index is 13.2. The topological polar surface area (TPSA) is 29.5 Å². The van der Waals surface area contributed by atoms with Gasteiger partial charge in [0.1, 0.15) is 0 Å². The number of benzene rings is 4. The Kier molecular flexibility index (Phi) is 11.0. The lowest BCUT2D eigenvalue weighted by Gasteiger charge is -2.48. The Bertz CT molecular complexity index is 1180. The van der Waals surface area contributed by atoms with Crippen LogP contribution in [0.4, 0.5) is 0 Å². The van der Waals surface area contributed by atoms with E-state index in [1.54, 1.807) is 0 Å². The van der Waals surface area contributed by atoms with Gasteiger partial charge in [-0.3, -0.25) is 0 Å². The fourth-order valence-corrected chi connectivity index (χ4v) is 6.00. The van der Waals surface area contributed by atoms with Crippen LogP contribution in [0.1, 0.15) is 94.4 Å². The molecule has 4 aromatic carbocycles. The molecule has 0 saturated heterocycles. The number of rotatable bonds is 15. The fraction of sp³-hybridized carbons (Fsp3) is 0.385. The lowest BCUT2D eigenvalue weighted by atomic mass is 9.66. The van der Waals surface area contributed by atoms with Crippen LogP contribution in [0.3, 0.4) is 0 Å². The third-order valence-electron chi connectivity index (χ3n) is 8.14. The smallest absolute Gasteiger partial charge is 0.155 e. The second kappa shape index (κ2) is 14.6. The molecule has 0 aliphatic carbocycles. The number of ether oxygens (including phenoxy) is 1. The molecule has 0 fully saturated rings. The molecule has 216 valence electrons. The molecule has 0 heterocycles. The molecule has 0 unspecified atom stereocenters. The van der Waals surface area contributed by atoms with Gasteiger partial charge in [-0.05, 0) is 40.5 Å². The summed E-state index contributed by atoms with van der Waals surface area (Å²) in [7, 11) is 0. The summed E-state index contributed by atoms with van der Waals surface area (Å²) in [5.74, 6) is 0. The Balaban J connectivity index is 1.64. The van der Waals surface area contributed by atoms with Crippen molar-refractivity contribution in [3.8, 4) is 0 Å². The van der Waals surface area contributed by atoms with Gasteiger partial charge in [0, 0.05) is 6.61 Å². The third kappa shape index (κ3) is 7.56. The Morgan fingerprint density at radius 1 is 0.463 bits per heavy atom. The van der Waals surface area contributed by atoms with Gasteiger partial charge < -0.3 is 9.84 Å². The number of aliphatic hydroxyl groups is 1. The van der Waals surface area contributed by atoms with Gasteiger partial charge in [-0.25, -0.2) is 0 Å². The molecule has 41 heavy (non-hydrogen) atoms. The van der Waals surface area contributed by atoms with Crippen LogP contribution in [0.2, 0.25) is 0 Å². The van der Waals surface area contributed by atoms with E-state index in [1.807, 2.05) is 97.1 Å². The number of hydrogen-bond acceptors (Lipinski definition) is 2. The van der Waals surface area contributed by atoms with Crippen molar-refractivity contribution in [2.45, 2.75) is 83.3 Å². The van der Waals surface area contributed by atoms with Gasteiger partial charge in [-0.15, -0.1) is 0 Å². The maximum atomic E-state index is 13.2. The molecule has 4 aromatic rings. The second-order valence-electron chi connectivity index (χ2n) is 12.5. The summed E-state index contributed by atoms with van der Waals surface area (Å²) >= 11 is 0. The first-order chi connectivity index (χ1) is 19.9. The van der Waals surface area contributed by atoms with Gasteiger partial charge in [0.25, 0.3) is 0 Å². The van der Waals surface area contributed by atoms with E-state index in [0.29, 0.717) is 12.0 Å². The third-order valence-corrected chi connectivity index (χ3v) is 8.14. The maximum Gasteiger partial charge on any atom is 0.155 e. The minimum absolute atomic E-state index is 0.433. The monoisotopic (exact) mass is 548 g/mol. The molecule has 2 heteroatoms. The van der Waals surface area contributed by atoms with Crippen LogP contribution in [0.25, 0.3) is 0 Å². The molecule has 0 radical (unpaired) electrons. The van der Waals surface area contributed by atoms with Crippen LogP contribution in [0, 0.1) is 5.41 Å². The standard InChI is InChI=1S/C39H48O2/c1-37(2,3)31-21-7-5-4-6-8-22-32-41-39(35-27-17-11-18-28-35,36-29-19-12-20-30-36)38(40,33-23-13-9-14-24-33)34-25-15-10-16-26-34/h9-20,23-30,40H,4-8,21-22,31-32H2,1-3H3. The van der Waals surface area contributed by atoms with Crippen molar-refractivity contribution in [1.29, 1.82) is 0 Å². The van der Waals surface area contributed by atoms with Crippen molar-refractivity contribution in [3.63, 3.8) is 0 Å². The summed E-state index contributed by atoms with van der Waals surface area (Å²) in [6.07, 6.45) is 9.79. The van der Waals surface area contributed by atoms with Crippen molar-refractivity contribution in [1.82, 2.24) is 0 Å². The van der Waals surface area contributed by atoms with E-state index >= 15 is 0 Å².